The Balaban J connectivity index is 1.10. The van der Waals surface area contributed by atoms with Gasteiger partial charge in [0, 0.05) is 47.9 Å². The van der Waals surface area contributed by atoms with Crippen LogP contribution in [0.3, 0.4) is 0 Å². The fourth-order valence-electron chi connectivity index (χ4n) is 9.71. The van der Waals surface area contributed by atoms with E-state index in [0.29, 0.717) is 0 Å². The molecule has 2 heterocycles. The smallest absolute Gasteiger partial charge is 0.143 e. The first-order valence-electron chi connectivity index (χ1n) is 20.0. The molecule has 0 atom stereocenters. The molecule has 58 heavy (non-hydrogen) atoms. The molecule has 0 spiro atoms. The van der Waals surface area contributed by atoms with Crippen LogP contribution >= 0.6 is 11.3 Å². The van der Waals surface area contributed by atoms with Crippen molar-refractivity contribution in [1.29, 1.82) is 0 Å². The summed E-state index contributed by atoms with van der Waals surface area (Å²) >= 11 is 1.88. The normalized spacial score (nSPS) is 13.1. The predicted molar refractivity (Wildman–Crippen MR) is 247 cm³/mol. The Bertz CT molecular complexity index is 3420. The zero-order valence-electron chi connectivity index (χ0n) is 32.2. The minimum atomic E-state index is -0.141. The zero-order chi connectivity index (χ0) is 38.5. The quantitative estimate of drug-likeness (QED) is 0.174. The van der Waals surface area contributed by atoms with Gasteiger partial charge in [-0.25, -0.2) is 0 Å². The third kappa shape index (κ3) is 4.84. The van der Waals surface area contributed by atoms with Crippen molar-refractivity contribution < 1.29 is 4.42 Å². The number of benzene rings is 9. The molecule has 0 radical (unpaired) electrons. The highest BCUT2D eigenvalue weighted by molar-refractivity contribution is 7.26. The van der Waals surface area contributed by atoms with Crippen molar-refractivity contribution >= 4 is 81.3 Å². The monoisotopic (exact) mass is 759 g/mol. The Morgan fingerprint density at radius 1 is 0.483 bits per heavy atom. The lowest BCUT2D eigenvalue weighted by Gasteiger charge is -2.29. The van der Waals surface area contributed by atoms with Crippen LogP contribution in [0, 0.1) is 0 Å². The van der Waals surface area contributed by atoms with Crippen LogP contribution in [0.15, 0.2) is 192 Å². The molecule has 2 aromatic heterocycles. The van der Waals surface area contributed by atoms with Gasteiger partial charge in [-0.05, 0) is 98.2 Å². The van der Waals surface area contributed by atoms with Gasteiger partial charge >= 0.3 is 0 Å². The third-order valence-corrected chi connectivity index (χ3v) is 13.7. The molecule has 3 heteroatoms. The van der Waals surface area contributed by atoms with E-state index in [-0.39, 0.29) is 5.41 Å². The lowest BCUT2D eigenvalue weighted by molar-refractivity contribution is 0.660. The van der Waals surface area contributed by atoms with E-state index in [2.05, 4.69) is 207 Å². The van der Waals surface area contributed by atoms with Crippen LogP contribution in [-0.4, -0.2) is 0 Å². The molecule has 1 aliphatic rings. The van der Waals surface area contributed by atoms with Gasteiger partial charge in [0.15, 0.2) is 0 Å². The Kier molecular flexibility index (Phi) is 7.18. The minimum absolute atomic E-state index is 0.141. The van der Waals surface area contributed by atoms with Crippen molar-refractivity contribution in [3.05, 3.63) is 199 Å². The molecule has 0 saturated heterocycles. The standard InChI is InChI=1S/C55H37NOS/c1-55(2)46-22-10-8-18-41(46)42-31-30-38(33-47(42)55)56(37-28-26-34(27-29-37)40-20-12-21-44-43-19-9-11-25-50(43)58-54(40)44)48-23-13-24-49-52(48)45-32-36-16-6-7-17-39(36)51(53(45)57-49)35-14-4-3-5-15-35/h3-33H,1-2H3. The van der Waals surface area contributed by atoms with Crippen LogP contribution < -0.4 is 4.90 Å². The zero-order valence-corrected chi connectivity index (χ0v) is 33.0. The second kappa shape index (κ2) is 12.5. The van der Waals surface area contributed by atoms with Gasteiger partial charge in [0.2, 0.25) is 0 Å². The number of hydrogen-bond donors (Lipinski definition) is 0. The largest absolute Gasteiger partial charge is 0.455 e. The lowest BCUT2D eigenvalue weighted by atomic mass is 9.82. The van der Waals surface area contributed by atoms with E-state index < -0.39 is 0 Å². The Morgan fingerprint density at radius 3 is 2.05 bits per heavy atom. The van der Waals surface area contributed by atoms with Gasteiger partial charge in [0.1, 0.15) is 11.2 Å². The van der Waals surface area contributed by atoms with Gasteiger partial charge in [-0.15, -0.1) is 11.3 Å². The molecule has 0 fully saturated rings. The SMILES string of the molecule is CC1(C)c2ccccc2-c2ccc(N(c3ccc(-c4cccc5c4sc4ccccc45)cc3)c3cccc4oc5c(-c6ccccc6)c6ccccc6cc5c34)cc21. The highest BCUT2D eigenvalue weighted by Crippen LogP contribution is 2.52. The van der Waals surface area contributed by atoms with Crippen LogP contribution in [0.25, 0.3) is 86.3 Å². The van der Waals surface area contributed by atoms with Crippen molar-refractivity contribution in [2.24, 2.45) is 0 Å². The van der Waals surface area contributed by atoms with Gasteiger partial charge in [-0.3, -0.25) is 0 Å². The molecule has 274 valence electrons. The number of hydrogen-bond acceptors (Lipinski definition) is 3. The van der Waals surface area contributed by atoms with Crippen LogP contribution in [0.2, 0.25) is 0 Å². The van der Waals surface area contributed by atoms with Crippen LogP contribution in [-0.2, 0) is 5.41 Å². The molecule has 0 amide bonds. The summed E-state index contributed by atoms with van der Waals surface area (Å²) in [5.41, 5.74) is 15.0. The summed E-state index contributed by atoms with van der Waals surface area (Å²) in [5.74, 6) is 0. The molecule has 0 bridgehead atoms. The first kappa shape index (κ1) is 33.2. The second-order valence-electron chi connectivity index (χ2n) is 16.0. The predicted octanol–water partition coefficient (Wildman–Crippen LogP) is 16.2. The summed E-state index contributed by atoms with van der Waals surface area (Å²) in [7, 11) is 0. The van der Waals surface area contributed by atoms with Gasteiger partial charge in [-0.2, -0.15) is 0 Å². The Morgan fingerprint density at radius 2 is 1.17 bits per heavy atom. The van der Waals surface area contributed by atoms with E-state index in [1.807, 2.05) is 11.3 Å². The maximum Gasteiger partial charge on any atom is 0.143 e. The van der Waals surface area contributed by atoms with E-state index in [1.54, 1.807) is 0 Å². The van der Waals surface area contributed by atoms with E-state index in [9.17, 15) is 0 Å². The molecular formula is C55H37NOS. The molecule has 0 aliphatic heterocycles. The molecule has 0 N–H and O–H groups in total. The summed E-state index contributed by atoms with van der Waals surface area (Å²) in [4.78, 5) is 2.44. The van der Waals surface area contributed by atoms with Crippen molar-refractivity contribution in [1.82, 2.24) is 0 Å². The average Bonchev–Trinajstić information content (AvgIpc) is 3.91. The molecule has 11 aromatic rings. The summed E-state index contributed by atoms with van der Waals surface area (Å²) in [6.45, 7) is 4.71. The van der Waals surface area contributed by atoms with Gasteiger partial charge in [0.25, 0.3) is 0 Å². The lowest BCUT2D eigenvalue weighted by Crippen LogP contribution is -2.16. The summed E-state index contributed by atoms with van der Waals surface area (Å²) < 4.78 is 9.62. The molecule has 2 nitrogen and oxygen atoms in total. The van der Waals surface area contributed by atoms with Crippen molar-refractivity contribution in [3.8, 4) is 33.4 Å². The van der Waals surface area contributed by atoms with Crippen molar-refractivity contribution in [3.63, 3.8) is 0 Å². The van der Waals surface area contributed by atoms with E-state index >= 15 is 0 Å². The summed E-state index contributed by atoms with van der Waals surface area (Å²) in [5, 5.41) is 7.21. The minimum Gasteiger partial charge on any atom is -0.455 e. The maximum absolute atomic E-state index is 6.98. The number of furan rings is 1. The molecular weight excluding hydrogens is 723 g/mol. The number of fused-ring (bicyclic) bond motifs is 10. The topological polar surface area (TPSA) is 16.4 Å². The fourth-order valence-corrected chi connectivity index (χ4v) is 10.9. The average molecular weight is 760 g/mol. The van der Waals surface area contributed by atoms with Crippen LogP contribution in [0.1, 0.15) is 25.0 Å². The first-order valence-corrected chi connectivity index (χ1v) is 20.8. The van der Waals surface area contributed by atoms with Gasteiger partial charge in [0.05, 0.1) is 11.1 Å². The molecule has 1 aliphatic carbocycles. The highest BCUT2D eigenvalue weighted by Gasteiger charge is 2.36. The van der Waals surface area contributed by atoms with Gasteiger partial charge in [-0.1, -0.05) is 153 Å². The van der Waals surface area contributed by atoms with Crippen molar-refractivity contribution in [2.45, 2.75) is 19.3 Å². The molecule has 0 unspecified atom stereocenters. The van der Waals surface area contributed by atoms with Crippen molar-refractivity contribution in [2.75, 3.05) is 4.90 Å². The first-order chi connectivity index (χ1) is 28.5. The Labute approximate surface area is 340 Å². The number of anilines is 3. The fraction of sp³-hybridized carbons (Fsp3) is 0.0545. The third-order valence-electron chi connectivity index (χ3n) is 12.5. The number of thiophene rings is 1. The number of nitrogens with zero attached hydrogens (tertiary/aromatic N) is 1. The molecule has 0 saturated carbocycles. The number of rotatable bonds is 5. The molecule has 9 aromatic carbocycles. The second-order valence-corrected chi connectivity index (χ2v) is 17.1. The van der Waals surface area contributed by atoms with Crippen LogP contribution in [0.5, 0.6) is 0 Å². The van der Waals surface area contributed by atoms with E-state index in [0.717, 1.165) is 50.1 Å². The Hall–Kier alpha value is -6.94. The summed E-state index contributed by atoms with van der Waals surface area (Å²) in [6.07, 6.45) is 0. The highest BCUT2D eigenvalue weighted by atomic mass is 32.1. The van der Waals surface area contributed by atoms with Crippen LogP contribution in [0.4, 0.5) is 17.1 Å². The summed E-state index contributed by atoms with van der Waals surface area (Å²) in [6, 6.07) is 68.7. The molecule has 12 rings (SSSR count). The van der Waals surface area contributed by atoms with E-state index in [4.69, 9.17) is 4.42 Å². The van der Waals surface area contributed by atoms with E-state index in [1.165, 1.54) is 64.3 Å². The maximum atomic E-state index is 6.98. The van der Waals surface area contributed by atoms with Gasteiger partial charge < -0.3 is 9.32 Å².